The third-order valence-electron chi connectivity index (χ3n) is 3.24. The molecule has 0 radical (unpaired) electrons. The van der Waals surface area contributed by atoms with E-state index in [1.807, 2.05) is 12.1 Å². The van der Waals surface area contributed by atoms with E-state index >= 15 is 0 Å². The summed E-state index contributed by atoms with van der Waals surface area (Å²) in [7, 11) is 0. The Kier molecular flexibility index (Phi) is 3.52. The largest absolute Gasteiger partial charge is 0.381 e. The molecule has 1 saturated heterocycles. The van der Waals surface area contributed by atoms with Crippen LogP contribution in [0.4, 0.5) is 0 Å². The molecule has 6 heteroatoms. The first-order valence-electron chi connectivity index (χ1n) is 6.41. The van der Waals surface area contributed by atoms with E-state index in [4.69, 9.17) is 15.0 Å². The summed E-state index contributed by atoms with van der Waals surface area (Å²) in [5, 5.41) is 3.99. The topological polar surface area (TPSA) is 87.1 Å². The van der Waals surface area contributed by atoms with Crippen LogP contribution in [-0.4, -0.2) is 28.3 Å². The standard InChI is InChI=1S/C13H16N4O2/c14-6-10-1-2-11(15-7-10)13-16-12(17-19-13)5-9-3-4-18-8-9/h1-2,7,9H,3-6,8,14H2. The van der Waals surface area contributed by atoms with Gasteiger partial charge in [0.1, 0.15) is 5.69 Å². The van der Waals surface area contributed by atoms with Crippen molar-refractivity contribution in [2.24, 2.45) is 11.7 Å². The molecule has 0 bridgehead atoms. The van der Waals surface area contributed by atoms with E-state index in [9.17, 15) is 0 Å². The van der Waals surface area contributed by atoms with Crippen LogP contribution in [0, 0.1) is 5.92 Å². The number of pyridine rings is 1. The van der Waals surface area contributed by atoms with Crippen molar-refractivity contribution in [3.8, 4) is 11.6 Å². The van der Waals surface area contributed by atoms with Gasteiger partial charge in [0.15, 0.2) is 5.82 Å². The lowest BCUT2D eigenvalue weighted by atomic mass is 10.1. The van der Waals surface area contributed by atoms with Crippen LogP contribution in [0.3, 0.4) is 0 Å². The summed E-state index contributed by atoms with van der Waals surface area (Å²) < 4.78 is 10.6. The lowest BCUT2D eigenvalue weighted by Gasteiger charge is -2.01. The maximum atomic E-state index is 5.53. The Morgan fingerprint density at radius 3 is 3.00 bits per heavy atom. The molecule has 6 nitrogen and oxygen atoms in total. The highest BCUT2D eigenvalue weighted by Crippen LogP contribution is 2.19. The third-order valence-corrected chi connectivity index (χ3v) is 3.24. The van der Waals surface area contributed by atoms with Gasteiger partial charge < -0.3 is 15.0 Å². The molecule has 1 aliphatic rings. The van der Waals surface area contributed by atoms with Gasteiger partial charge in [0.05, 0.1) is 0 Å². The molecule has 0 aliphatic carbocycles. The highest BCUT2D eigenvalue weighted by atomic mass is 16.5. The fraction of sp³-hybridized carbons (Fsp3) is 0.462. The van der Waals surface area contributed by atoms with E-state index in [2.05, 4.69) is 15.1 Å². The second-order valence-electron chi connectivity index (χ2n) is 4.71. The highest BCUT2D eigenvalue weighted by Gasteiger charge is 2.19. The highest BCUT2D eigenvalue weighted by molar-refractivity contribution is 5.46. The van der Waals surface area contributed by atoms with E-state index in [1.54, 1.807) is 6.20 Å². The maximum absolute atomic E-state index is 5.53. The van der Waals surface area contributed by atoms with Gasteiger partial charge in [-0.1, -0.05) is 11.2 Å². The molecule has 0 saturated carbocycles. The minimum atomic E-state index is 0.456. The van der Waals surface area contributed by atoms with Gasteiger partial charge in [-0.25, -0.2) is 0 Å². The van der Waals surface area contributed by atoms with Gasteiger partial charge in [-0.2, -0.15) is 4.98 Å². The zero-order valence-electron chi connectivity index (χ0n) is 10.6. The van der Waals surface area contributed by atoms with Gasteiger partial charge >= 0.3 is 0 Å². The molecule has 19 heavy (non-hydrogen) atoms. The van der Waals surface area contributed by atoms with Crippen molar-refractivity contribution >= 4 is 0 Å². The van der Waals surface area contributed by atoms with Crippen molar-refractivity contribution in [3.05, 3.63) is 29.7 Å². The van der Waals surface area contributed by atoms with Crippen molar-refractivity contribution in [2.75, 3.05) is 13.2 Å². The minimum absolute atomic E-state index is 0.456. The molecule has 1 unspecified atom stereocenters. The van der Waals surface area contributed by atoms with Gasteiger partial charge in [0, 0.05) is 32.4 Å². The normalized spacial score (nSPS) is 18.9. The average molecular weight is 260 g/mol. The molecule has 3 rings (SSSR count). The molecular weight excluding hydrogens is 244 g/mol. The zero-order valence-corrected chi connectivity index (χ0v) is 10.6. The first kappa shape index (κ1) is 12.3. The average Bonchev–Trinajstić information content (AvgIpc) is 3.11. The number of nitrogens with two attached hydrogens (primary N) is 1. The van der Waals surface area contributed by atoms with E-state index in [1.165, 1.54) is 0 Å². The molecule has 1 atom stereocenters. The SMILES string of the molecule is NCc1ccc(-c2nc(CC3CCOC3)no2)nc1. The Bertz CT molecular complexity index is 532. The Morgan fingerprint density at radius 2 is 2.32 bits per heavy atom. The van der Waals surface area contributed by atoms with Crippen molar-refractivity contribution in [2.45, 2.75) is 19.4 Å². The number of rotatable bonds is 4. The van der Waals surface area contributed by atoms with E-state index < -0.39 is 0 Å². The van der Waals surface area contributed by atoms with Crippen molar-refractivity contribution in [1.82, 2.24) is 15.1 Å². The summed E-state index contributed by atoms with van der Waals surface area (Å²) in [6.45, 7) is 2.09. The quantitative estimate of drug-likeness (QED) is 0.887. The maximum Gasteiger partial charge on any atom is 0.276 e. The zero-order chi connectivity index (χ0) is 13.1. The molecule has 2 aromatic rings. The summed E-state index contributed by atoms with van der Waals surface area (Å²) in [5.41, 5.74) is 7.19. The Morgan fingerprint density at radius 1 is 1.37 bits per heavy atom. The fourth-order valence-electron chi connectivity index (χ4n) is 2.12. The van der Waals surface area contributed by atoms with Crippen LogP contribution in [0.15, 0.2) is 22.9 Å². The van der Waals surface area contributed by atoms with E-state index in [0.717, 1.165) is 37.4 Å². The molecule has 2 N–H and O–H groups in total. The molecule has 0 amide bonds. The molecule has 0 spiro atoms. The second kappa shape index (κ2) is 5.46. The Balaban J connectivity index is 1.72. The first-order chi connectivity index (χ1) is 9.35. The summed E-state index contributed by atoms with van der Waals surface area (Å²) in [4.78, 5) is 8.64. The van der Waals surface area contributed by atoms with Gasteiger partial charge in [-0.3, -0.25) is 4.98 Å². The first-order valence-corrected chi connectivity index (χ1v) is 6.41. The van der Waals surface area contributed by atoms with Crippen molar-refractivity contribution < 1.29 is 9.26 Å². The van der Waals surface area contributed by atoms with Gasteiger partial charge in [0.2, 0.25) is 0 Å². The smallest absolute Gasteiger partial charge is 0.276 e. The summed E-state index contributed by atoms with van der Waals surface area (Å²) in [5.74, 6) is 1.67. The Labute approximate surface area is 111 Å². The molecule has 3 heterocycles. The number of ether oxygens (including phenoxy) is 1. The summed E-state index contributed by atoms with van der Waals surface area (Å²) in [6.07, 6.45) is 3.59. The summed E-state index contributed by atoms with van der Waals surface area (Å²) >= 11 is 0. The van der Waals surface area contributed by atoms with E-state index in [0.29, 0.717) is 24.0 Å². The van der Waals surface area contributed by atoms with Gasteiger partial charge in [0.25, 0.3) is 5.89 Å². The number of nitrogens with zero attached hydrogens (tertiary/aromatic N) is 3. The van der Waals surface area contributed by atoms with Crippen molar-refractivity contribution in [3.63, 3.8) is 0 Å². The van der Waals surface area contributed by atoms with Gasteiger partial charge in [-0.15, -0.1) is 0 Å². The van der Waals surface area contributed by atoms with Crippen LogP contribution in [0.5, 0.6) is 0 Å². The minimum Gasteiger partial charge on any atom is -0.381 e. The lowest BCUT2D eigenvalue weighted by Crippen LogP contribution is -2.04. The molecule has 0 aromatic carbocycles. The fourth-order valence-corrected chi connectivity index (χ4v) is 2.12. The molecule has 1 aliphatic heterocycles. The van der Waals surface area contributed by atoms with Crippen LogP contribution in [0.2, 0.25) is 0 Å². The predicted molar refractivity (Wildman–Crippen MR) is 68.1 cm³/mol. The Hall–Kier alpha value is -1.79. The van der Waals surface area contributed by atoms with Crippen LogP contribution < -0.4 is 5.73 Å². The summed E-state index contributed by atoms with van der Waals surface area (Å²) in [6, 6.07) is 3.76. The number of hydrogen-bond donors (Lipinski definition) is 1. The lowest BCUT2D eigenvalue weighted by molar-refractivity contribution is 0.185. The van der Waals surface area contributed by atoms with Crippen LogP contribution >= 0.6 is 0 Å². The van der Waals surface area contributed by atoms with Crippen LogP contribution in [0.25, 0.3) is 11.6 Å². The number of hydrogen-bond acceptors (Lipinski definition) is 6. The van der Waals surface area contributed by atoms with Crippen LogP contribution in [0.1, 0.15) is 17.8 Å². The van der Waals surface area contributed by atoms with Crippen LogP contribution in [-0.2, 0) is 17.7 Å². The third kappa shape index (κ3) is 2.80. The monoisotopic (exact) mass is 260 g/mol. The number of aromatic nitrogens is 3. The van der Waals surface area contributed by atoms with E-state index in [-0.39, 0.29) is 0 Å². The van der Waals surface area contributed by atoms with Gasteiger partial charge in [-0.05, 0) is 24.0 Å². The molecule has 100 valence electrons. The van der Waals surface area contributed by atoms with Crippen molar-refractivity contribution in [1.29, 1.82) is 0 Å². The molecule has 1 fully saturated rings. The molecule has 2 aromatic heterocycles. The second-order valence-corrected chi connectivity index (χ2v) is 4.71. The molecular formula is C13H16N4O2. The predicted octanol–water partition coefficient (Wildman–Crippen LogP) is 1.17.